The van der Waals surface area contributed by atoms with Gasteiger partial charge in [0.1, 0.15) is 5.82 Å². The number of aryl methyl sites for hydroxylation is 1. The summed E-state index contributed by atoms with van der Waals surface area (Å²) in [6.07, 6.45) is 0. The number of hydrogen-bond donors (Lipinski definition) is 0. The predicted molar refractivity (Wildman–Crippen MR) is 84.7 cm³/mol. The molecule has 2 nitrogen and oxygen atoms in total. The molecule has 0 aliphatic rings. The quantitative estimate of drug-likeness (QED) is 0.750. The first kappa shape index (κ1) is 15.0. The number of alkyl halides is 1. The fraction of sp³-hybridized carbons (Fsp3) is 0.312. The smallest absolute Gasteiger partial charge is 0.146 e. The summed E-state index contributed by atoms with van der Waals surface area (Å²) in [6.45, 7) is 5.34. The van der Waals surface area contributed by atoms with Crippen LogP contribution in [0.4, 0.5) is 10.1 Å². The molecule has 0 radical (unpaired) electrons. The molecule has 0 fully saturated rings. The van der Waals surface area contributed by atoms with Crippen molar-refractivity contribution in [3.05, 3.63) is 59.2 Å². The van der Waals surface area contributed by atoms with Crippen LogP contribution in [0.3, 0.4) is 0 Å². The van der Waals surface area contributed by atoms with Crippen molar-refractivity contribution >= 4 is 21.6 Å². The van der Waals surface area contributed by atoms with Crippen molar-refractivity contribution in [2.24, 2.45) is 0 Å². The van der Waals surface area contributed by atoms with E-state index in [4.69, 9.17) is 0 Å². The highest BCUT2D eigenvalue weighted by Crippen LogP contribution is 2.23. The standard InChI is InChI=1S/C16H18BrFN2/c1-3-20(11-14-6-4-5-12(2)19-14)16-8-7-13(10-17)9-15(16)18/h4-9H,3,10-11H2,1-2H3. The lowest BCUT2D eigenvalue weighted by molar-refractivity contribution is 0.615. The largest absolute Gasteiger partial charge is 0.364 e. The molecule has 0 N–H and O–H groups in total. The lowest BCUT2D eigenvalue weighted by Crippen LogP contribution is -2.23. The Morgan fingerprint density at radius 1 is 1.25 bits per heavy atom. The maximum Gasteiger partial charge on any atom is 0.146 e. The Bertz CT molecular complexity index is 586. The van der Waals surface area contributed by atoms with E-state index in [1.54, 1.807) is 6.07 Å². The normalized spacial score (nSPS) is 10.6. The van der Waals surface area contributed by atoms with Crippen LogP contribution in [0.15, 0.2) is 36.4 Å². The van der Waals surface area contributed by atoms with E-state index >= 15 is 0 Å². The Kier molecular flexibility index (Phi) is 5.12. The van der Waals surface area contributed by atoms with Gasteiger partial charge in [-0.15, -0.1) is 0 Å². The zero-order valence-electron chi connectivity index (χ0n) is 11.7. The van der Waals surface area contributed by atoms with Gasteiger partial charge in [0.15, 0.2) is 0 Å². The zero-order chi connectivity index (χ0) is 14.5. The van der Waals surface area contributed by atoms with Gasteiger partial charge in [-0.2, -0.15) is 0 Å². The summed E-state index contributed by atoms with van der Waals surface area (Å²) in [5.74, 6) is -0.184. The van der Waals surface area contributed by atoms with Gasteiger partial charge < -0.3 is 4.90 Å². The van der Waals surface area contributed by atoms with E-state index in [1.807, 2.05) is 49.1 Å². The maximum atomic E-state index is 14.2. The summed E-state index contributed by atoms with van der Waals surface area (Å²) in [6, 6.07) is 11.3. The number of anilines is 1. The third-order valence-electron chi connectivity index (χ3n) is 3.19. The van der Waals surface area contributed by atoms with E-state index in [-0.39, 0.29) is 5.82 Å². The lowest BCUT2D eigenvalue weighted by atomic mass is 10.2. The van der Waals surface area contributed by atoms with Crippen LogP contribution in [0.25, 0.3) is 0 Å². The lowest BCUT2D eigenvalue weighted by Gasteiger charge is -2.23. The summed E-state index contributed by atoms with van der Waals surface area (Å²) in [7, 11) is 0. The number of halogens is 2. The average molecular weight is 337 g/mol. The van der Waals surface area contributed by atoms with Gasteiger partial charge in [0.25, 0.3) is 0 Å². The molecule has 4 heteroatoms. The Morgan fingerprint density at radius 3 is 2.65 bits per heavy atom. The maximum absolute atomic E-state index is 14.2. The minimum atomic E-state index is -0.184. The van der Waals surface area contributed by atoms with Crippen molar-refractivity contribution in [3.8, 4) is 0 Å². The molecule has 0 atom stereocenters. The van der Waals surface area contributed by atoms with Gasteiger partial charge in [-0.3, -0.25) is 4.98 Å². The van der Waals surface area contributed by atoms with E-state index in [1.165, 1.54) is 0 Å². The van der Waals surface area contributed by atoms with Crippen molar-refractivity contribution in [3.63, 3.8) is 0 Å². The molecule has 1 aromatic heterocycles. The zero-order valence-corrected chi connectivity index (χ0v) is 13.3. The minimum Gasteiger partial charge on any atom is -0.364 e. The van der Waals surface area contributed by atoms with Gasteiger partial charge in [0, 0.05) is 17.6 Å². The summed E-state index contributed by atoms with van der Waals surface area (Å²) in [5.41, 5.74) is 3.50. The number of aromatic nitrogens is 1. The van der Waals surface area contributed by atoms with Crippen LogP contribution in [0.1, 0.15) is 23.9 Å². The molecule has 0 spiro atoms. The van der Waals surface area contributed by atoms with Crippen LogP contribution < -0.4 is 4.90 Å². The Balaban J connectivity index is 2.24. The molecule has 1 heterocycles. The highest BCUT2D eigenvalue weighted by molar-refractivity contribution is 9.08. The molecule has 2 rings (SSSR count). The monoisotopic (exact) mass is 336 g/mol. The molecule has 0 bridgehead atoms. The third kappa shape index (κ3) is 3.57. The second-order valence-electron chi connectivity index (χ2n) is 4.70. The fourth-order valence-electron chi connectivity index (χ4n) is 2.14. The molecule has 0 amide bonds. The number of benzene rings is 1. The van der Waals surface area contributed by atoms with E-state index in [0.29, 0.717) is 17.6 Å². The molecule has 0 unspecified atom stereocenters. The first-order valence-corrected chi connectivity index (χ1v) is 7.78. The van der Waals surface area contributed by atoms with Crippen molar-refractivity contribution in [1.82, 2.24) is 4.98 Å². The van der Waals surface area contributed by atoms with E-state index < -0.39 is 0 Å². The minimum absolute atomic E-state index is 0.184. The molecule has 1 aromatic carbocycles. The van der Waals surface area contributed by atoms with E-state index in [0.717, 1.165) is 23.5 Å². The van der Waals surface area contributed by atoms with Crippen LogP contribution in [0.5, 0.6) is 0 Å². The summed E-state index contributed by atoms with van der Waals surface area (Å²) < 4.78 is 14.2. The van der Waals surface area contributed by atoms with E-state index in [2.05, 4.69) is 20.9 Å². The van der Waals surface area contributed by atoms with Crippen LogP contribution >= 0.6 is 15.9 Å². The van der Waals surface area contributed by atoms with Gasteiger partial charge in [0.05, 0.1) is 17.9 Å². The Morgan fingerprint density at radius 2 is 2.05 bits per heavy atom. The second-order valence-corrected chi connectivity index (χ2v) is 5.26. The summed E-state index contributed by atoms with van der Waals surface area (Å²) in [4.78, 5) is 6.47. The Labute approximate surface area is 127 Å². The SMILES string of the molecule is CCN(Cc1cccc(C)n1)c1ccc(CBr)cc1F. The predicted octanol–water partition coefficient (Wildman–Crippen LogP) is 4.45. The van der Waals surface area contributed by atoms with Gasteiger partial charge in [-0.05, 0) is 43.7 Å². The summed E-state index contributed by atoms with van der Waals surface area (Å²) in [5, 5.41) is 0.662. The van der Waals surface area contributed by atoms with Crippen molar-refractivity contribution in [1.29, 1.82) is 0 Å². The third-order valence-corrected chi connectivity index (χ3v) is 3.84. The van der Waals surface area contributed by atoms with Crippen LogP contribution in [0, 0.1) is 12.7 Å². The Hall–Kier alpha value is -1.42. The molecule has 0 saturated carbocycles. The average Bonchev–Trinajstić information content (AvgIpc) is 2.45. The molecular weight excluding hydrogens is 319 g/mol. The topological polar surface area (TPSA) is 16.1 Å². The molecule has 0 aliphatic heterocycles. The van der Waals surface area contributed by atoms with E-state index in [9.17, 15) is 4.39 Å². The highest BCUT2D eigenvalue weighted by Gasteiger charge is 2.11. The highest BCUT2D eigenvalue weighted by atomic mass is 79.9. The number of hydrogen-bond acceptors (Lipinski definition) is 2. The molecule has 0 saturated heterocycles. The van der Waals surface area contributed by atoms with Crippen LogP contribution in [0.2, 0.25) is 0 Å². The first-order valence-electron chi connectivity index (χ1n) is 6.66. The fourth-order valence-corrected chi connectivity index (χ4v) is 2.49. The van der Waals surface area contributed by atoms with Gasteiger partial charge in [-0.25, -0.2) is 4.39 Å². The van der Waals surface area contributed by atoms with Crippen molar-refractivity contribution in [2.75, 3.05) is 11.4 Å². The summed E-state index contributed by atoms with van der Waals surface area (Å²) >= 11 is 3.34. The number of rotatable bonds is 5. The molecule has 20 heavy (non-hydrogen) atoms. The van der Waals surface area contributed by atoms with Crippen LogP contribution in [-0.2, 0) is 11.9 Å². The second kappa shape index (κ2) is 6.84. The number of pyridine rings is 1. The first-order chi connectivity index (χ1) is 9.63. The van der Waals surface area contributed by atoms with Crippen LogP contribution in [-0.4, -0.2) is 11.5 Å². The van der Waals surface area contributed by atoms with Gasteiger partial charge >= 0.3 is 0 Å². The molecule has 2 aromatic rings. The number of nitrogens with zero attached hydrogens (tertiary/aromatic N) is 2. The van der Waals surface area contributed by atoms with Gasteiger partial charge in [0.2, 0.25) is 0 Å². The van der Waals surface area contributed by atoms with Gasteiger partial charge in [-0.1, -0.05) is 28.1 Å². The molecular formula is C16H18BrFN2. The molecule has 0 aliphatic carbocycles. The van der Waals surface area contributed by atoms with Crippen molar-refractivity contribution < 1.29 is 4.39 Å². The van der Waals surface area contributed by atoms with Crippen molar-refractivity contribution in [2.45, 2.75) is 25.7 Å². The molecule has 106 valence electrons.